The zero-order valence-corrected chi connectivity index (χ0v) is 15.7. The molecular weight excluding hydrogens is 350 g/mol. The first-order chi connectivity index (χ1) is 12.5. The van der Waals surface area contributed by atoms with Gasteiger partial charge in [0.05, 0.1) is 12.1 Å². The van der Waals surface area contributed by atoms with Crippen LogP contribution in [0.5, 0.6) is 0 Å². The van der Waals surface area contributed by atoms with E-state index in [9.17, 15) is 9.59 Å². The van der Waals surface area contributed by atoms with E-state index in [4.69, 9.17) is 11.6 Å². The molecule has 2 heterocycles. The molecule has 1 aromatic carbocycles. The van der Waals surface area contributed by atoms with Crippen LogP contribution < -0.4 is 10.9 Å². The van der Waals surface area contributed by atoms with E-state index in [1.807, 2.05) is 25.2 Å². The molecule has 1 fully saturated rings. The van der Waals surface area contributed by atoms with Crippen molar-refractivity contribution in [1.82, 2.24) is 14.8 Å². The Hall–Kier alpha value is -2.11. The Kier molecular flexibility index (Phi) is 6.12. The Bertz CT molecular complexity index is 828. The van der Waals surface area contributed by atoms with Crippen molar-refractivity contribution in [1.29, 1.82) is 0 Å². The Morgan fingerprint density at radius 3 is 2.85 bits per heavy atom. The van der Waals surface area contributed by atoms with E-state index < -0.39 is 0 Å². The van der Waals surface area contributed by atoms with E-state index in [1.54, 1.807) is 23.2 Å². The third-order valence-electron chi connectivity index (χ3n) is 4.81. The number of nitrogens with one attached hydrogen (secondary N) is 1. The molecule has 1 saturated heterocycles. The van der Waals surface area contributed by atoms with E-state index in [0.29, 0.717) is 23.0 Å². The fourth-order valence-corrected chi connectivity index (χ4v) is 3.56. The summed E-state index contributed by atoms with van der Waals surface area (Å²) in [6.07, 6.45) is 3.91. The lowest BCUT2D eigenvalue weighted by molar-refractivity contribution is 0.0764. The molecule has 1 aromatic heterocycles. The standard InChI is InChI=1S/C20H24ClN3O2/c1-23(12-15-5-4-10-22-11-15)20(26)17-8-9-19(25)24(14-17)13-16-6-2-3-7-18(16)21/h2-3,6-9,14-15,22H,4-5,10-13H2,1H3. The van der Waals surface area contributed by atoms with Gasteiger partial charge in [0.2, 0.25) is 0 Å². The average molecular weight is 374 g/mol. The van der Waals surface area contributed by atoms with Crippen molar-refractivity contribution >= 4 is 17.5 Å². The van der Waals surface area contributed by atoms with Crippen LogP contribution in [-0.4, -0.2) is 42.1 Å². The summed E-state index contributed by atoms with van der Waals surface area (Å²) in [6.45, 7) is 3.07. The van der Waals surface area contributed by atoms with Gasteiger partial charge in [0.25, 0.3) is 11.5 Å². The summed E-state index contributed by atoms with van der Waals surface area (Å²) < 4.78 is 1.53. The minimum absolute atomic E-state index is 0.0662. The molecule has 1 aliphatic rings. The van der Waals surface area contributed by atoms with Gasteiger partial charge < -0.3 is 14.8 Å². The second-order valence-electron chi connectivity index (χ2n) is 6.87. The van der Waals surface area contributed by atoms with Crippen LogP contribution in [0.25, 0.3) is 0 Å². The summed E-state index contributed by atoms with van der Waals surface area (Å²) >= 11 is 6.19. The molecule has 1 atom stereocenters. The lowest BCUT2D eigenvalue weighted by Gasteiger charge is -2.27. The fraction of sp³-hybridized carbons (Fsp3) is 0.400. The first-order valence-corrected chi connectivity index (χ1v) is 9.32. The predicted molar refractivity (Wildman–Crippen MR) is 104 cm³/mol. The Morgan fingerprint density at radius 2 is 2.12 bits per heavy atom. The average Bonchev–Trinajstić information content (AvgIpc) is 2.65. The number of carbonyl (C=O) groups is 1. The zero-order chi connectivity index (χ0) is 18.5. The highest BCUT2D eigenvalue weighted by Crippen LogP contribution is 2.16. The van der Waals surface area contributed by atoms with Gasteiger partial charge in [-0.3, -0.25) is 9.59 Å². The van der Waals surface area contributed by atoms with Crippen molar-refractivity contribution in [2.75, 3.05) is 26.7 Å². The quantitative estimate of drug-likeness (QED) is 0.876. The monoisotopic (exact) mass is 373 g/mol. The van der Waals surface area contributed by atoms with E-state index >= 15 is 0 Å². The maximum Gasteiger partial charge on any atom is 0.255 e. The molecule has 1 N–H and O–H groups in total. The van der Waals surface area contributed by atoms with Crippen LogP contribution in [0.1, 0.15) is 28.8 Å². The number of hydrogen-bond acceptors (Lipinski definition) is 3. The molecule has 6 heteroatoms. The highest BCUT2D eigenvalue weighted by molar-refractivity contribution is 6.31. The third kappa shape index (κ3) is 4.54. The fourth-order valence-electron chi connectivity index (χ4n) is 3.36. The molecule has 5 nitrogen and oxygen atoms in total. The van der Waals surface area contributed by atoms with Gasteiger partial charge >= 0.3 is 0 Å². The molecule has 2 aromatic rings. The van der Waals surface area contributed by atoms with E-state index in [1.165, 1.54) is 10.6 Å². The molecule has 26 heavy (non-hydrogen) atoms. The highest BCUT2D eigenvalue weighted by atomic mass is 35.5. The van der Waals surface area contributed by atoms with Crippen molar-refractivity contribution < 1.29 is 4.79 Å². The van der Waals surface area contributed by atoms with Crippen molar-refractivity contribution in [3.63, 3.8) is 0 Å². The lowest BCUT2D eigenvalue weighted by atomic mass is 9.99. The van der Waals surface area contributed by atoms with Crippen molar-refractivity contribution in [3.05, 3.63) is 69.1 Å². The molecule has 3 rings (SSSR count). The third-order valence-corrected chi connectivity index (χ3v) is 5.18. The van der Waals surface area contributed by atoms with Crippen molar-refractivity contribution in [3.8, 4) is 0 Å². The number of hydrogen-bond donors (Lipinski definition) is 1. The number of aromatic nitrogens is 1. The summed E-state index contributed by atoms with van der Waals surface area (Å²) in [4.78, 5) is 26.7. The summed E-state index contributed by atoms with van der Waals surface area (Å²) in [7, 11) is 1.82. The van der Waals surface area contributed by atoms with E-state index in [0.717, 1.165) is 38.0 Å². The first-order valence-electron chi connectivity index (χ1n) is 8.94. The zero-order valence-electron chi connectivity index (χ0n) is 15.0. The SMILES string of the molecule is CN(CC1CCCNC1)C(=O)c1ccc(=O)n(Cc2ccccc2Cl)c1. The molecule has 1 amide bonds. The normalized spacial score (nSPS) is 17.1. The number of halogens is 1. The summed E-state index contributed by atoms with van der Waals surface area (Å²) in [5.41, 5.74) is 1.21. The number of benzene rings is 1. The van der Waals surface area contributed by atoms with Gasteiger partial charge in [0.15, 0.2) is 0 Å². The number of nitrogens with zero attached hydrogens (tertiary/aromatic N) is 2. The number of pyridine rings is 1. The second-order valence-corrected chi connectivity index (χ2v) is 7.28. The maximum atomic E-state index is 12.8. The minimum Gasteiger partial charge on any atom is -0.341 e. The van der Waals surface area contributed by atoms with Gasteiger partial charge in [0, 0.05) is 30.9 Å². The van der Waals surface area contributed by atoms with Gasteiger partial charge in [-0.05, 0) is 49.5 Å². The van der Waals surface area contributed by atoms with Gasteiger partial charge in [-0.15, -0.1) is 0 Å². The Balaban J connectivity index is 1.74. The van der Waals surface area contributed by atoms with Gasteiger partial charge in [-0.2, -0.15) is 0 Å². The molecule has 0 aliphatic carbocycles. The van der Waals surface area contributed by atoms with Crippen LogP contribution in [0.2, 0.25) is 5.02 Å². The highest BCUT2D eigenvalue weighted by Gasteiger charge is 2.19. The largest absolute Gasteiger partial charge is 0.341 e. The van der Waals surface area contributed by atoms with Gasteiger partial charge in [-0.25, -0.2) is 0 Å². The summed E-state index contributed by atoms with van der Waals surface area (Å²) in [5.74, 6) is 0.412. The molecule has 1 unspecified atom stereocenters. The predicted octanol–water partition coefficient (Wildman–Crippen LogP) is 2.62. The molecule has 138 valence electrons. The number of amides is 1. The van der Waals surface area contributed by atoms with Crippen LogP contribution in [0, 0.1) is 5.92 Å². The Morgan fingerprint density at radius 1 is 1.31 bits per heavy atom. The number of carbonyl (C=O) groups excluding carboxylic acids is 1. The molecule has 0 bridgehead atoms. The summed E-state index contributed by atoms with van der Waals surface area (Å²) in [6, 6.07) is 10.5. The molecular formula is C20H24ClN3O2. The van der Waals surface area contributed by atoms with Crippen molar-refractivity contribution in [2.45, 2.75) is 19.4 Å². The van der Waals surface area contributed by atoms with Crippen LogP contribution in [-0.2, 0) is 6.54 Å². The van der Waals surface area contributed by atoms with E-state index in [-0.39, 0.29) is 11.5 Å². The van der Waals surface area contributed by atoms with Crippen LogP contribution in [0.15, 0.2) is 47.4 Å². The second kappa shape index (κ2) is 8.52. The minimum atomic E-state index is -0.152. The van der Waals surface area contributed by atoms with Crippen LogP contribution >= 0.6 is 11.6 Å². The number of piperidine rings is 1. The van der Waals surface area contributed by atoms with Crippen molar-refractivity contribution in [2.24, 2.45) is 5.92 Å². The Labute approximate surface area is 158 Å². The number of rotatable bonds is 5. The molecule has 0 saturated carbocycles. The van der Waals surface area contributed by atoms with Gasteiger partial charge in [-0.1, -0.05) is 29.8 Å². The lowest BCUT2D eigenvalue weighted by Crippen LogP contribution is -2.39. The molecule has 0 spiro atoms. The van der Waals surface area contributed by atoms with Gasteiger partial charge in [0.1, 0.15) is 0 Å². The molecule has 0 radical (unpaired) electrons. The topological polar surface area (TPSA) is 54.3 Å². The maximum absolute atomic E-state index is 12.8. The first kappa shape index (κ1) is 18.7. The van der Waals surface area contributed by atoms with Crippen LogP contribution in [0.4, 0.5) is 0 Å². The van der Waals surface area contributed by atoms with Crippen LogP contribution in [0.3, 0.4) is 0 Å². The molecule has 1 aliphatic heterocycles. The van der Waals surface area contributed by atoms with E-state index in [2.05, 4.69) is 5.32 Å². The summed E-state index contributed by atoms with van der Waals surface area (Å²) in [5, 5.41) is 3.98. The smallest absolute Gasteiger partial charge is 0.255 e.